The molecule has 0 fully saturated rings. The van der Waals surface area contributed by atoms with E-state index in [1.165, 1.54) is 0 Å². The Bertz CT molecular complexity index is 196. The molecule has 0 saturated heterocycles. The molecule has 1 aromatic carbocycles. The Morgan fingerprint density at radius 3 is 2.44 bits per heavy atom. The normalized spacial score (nSPS) is 9.11. The fourth-order valence-corrected chi connectivity index (χ4v) is 0.593. The highest BCUT2D eigenvalue weighted by Gasteiger charge is 1.93. The minimum Gasteiger partial charge on any atom is -0.340 e. The Labute approximate surface area is 53.6 Å². The van der Waals surface area contributed by atoms with Crippen LogP contribution in [0.1, 0.15) is 5.56 Å². The number of hydrogen-bond acceptors (Lipinski definition) is 2. The van der Waals surface area contributed by atoms with E-state index in [-0.39, 0.29) is 0 Å². The highest BCUT2D eigenvalue weighted by atomic mass is 17.1. The van der Waals surface area contributed by atoms with Crippen molar-refractivity contribution in [3.8, 4) is 5.75 Å². The summed E-state index contributed by atoms with van der Waals surface area (Å²) >= 11 is 0. The number of benzene rings is 1. The first-order chi connectivity index (χ1) is 4.34. The van der Waals surface area contributed by atoms with Gasteiger partial charge in [0.05, 0.1) is 0 Å². The maximum Gasteiger partial charge on any atom is 0.168 e. The molecule has 0 aromatic heterocycles. The van der Waals surface area contributed by atoms with Crippen LogP contribution in [-0.2, 0) is 0 Å². The van der Waals surface area contributed by atoms with E-state index in [2.05, 4.69) is 11.8 Å². The molecule has 1 aromatic rings. The standard InChI is InChI=1S/C7H7O2/c1-6-4-2-3-5-7(6)9-8/h2-5,8H,1H2. The van der Waals surface area contributed by atoms with Crippen molar-refractivity contribution in [3.63, 3.8) is 0 Å². The van der Waals surface area contributed by atoms with Gasteiger partial charge in [0.1, 0.15) is 0 Å². The molecule has 0 spiro atoms. The third kappa shape index (κ3) is 1.21. The van der Waals surface area contributed by atoms with E-state index in [0.717, 1.165) is 0 Å². The summed E-state index contributed by atoms with van der Waals surface area (Å²) in [4.78, 5) is 3.98. The van der Waals surface area contributed by atoms with E-state index >= 15 is 0 Å². The van der Waals surface area contributed by atoms with Gasteiger partial charge in [0.2, 0.25) is 0 Å². The lowest BCUT2D eigenvalue weighted by atomic mass is 10.2. The second kappa shape index (κ2) is 2.51. The van der Waals surface area contributed by atoms with Crippen LogP contribution in [0.4, 0.5) is 0 Å². The van der Waals surface area contributed by atoms with Crippen molar-refractivity contribution in [2.75, 3.05) is 0 Å². The van der Waals surface area contributed by atoms with Crippen LogP contribution in [0.15, 0.2) is 24.3 Å². The van der Waals surface area contributed by atoms with E-state index in [0.29, 0.717) is 11.3 Å². The van der Waals surface area contributed by atoms with Gasteiger partial charge < -0.3 is 4.89 Å². The molecule has 9 heavy (non-hydrogen) atoms. The largest absolute Gasteiger partial charge is 0.340 e. The van der Waals surface area contributed by atoms with Gasteiger partial charge in [-0.15, -0.1) is 0 Å². The zero-order chi connectivity index (χ0) is 6.69. The lowest BCUT2D eigenvalue weighted by molar-refractivity contribution is -0.137. The predicted molar refractivity (Wildman–Crippen MR) is 34.2 cm³/mol. The van der Waals surface area contributed by atoms with Gasteiger partial charge in [0.15, 0.2) is 5.75 Å². The maximum absolute atomic E-state index is 8.18. The van der Waals surface area contributed by atoms with Crippen LogP contribution in [0, 0.1) is 6.92 Å². The lowest BCUT2D eigenvalue weighted by Crippen LogP contribution is -1.85. The quantitative estimate of drug-likeness (QED) is 0.455. The van der Waals surface area contributed by atoms with E-state index in [1.807, 2.05) is 6.07 Å². The Kier molecular flexibility index (Phi) is 1.70. The maximum atomic E-state index is 8.18. The predicted octanol–water partition coefficient (Wildman–Crippen LogP) is 1.72. The van der Waals surface area contributed by atoms with Gasteiger partial charge in [-0.3, -0.25) is 0 Å². The average Bonchev–Trinajstić information content (AvgIpc) is 1.89. The molecule has 2 nitrogen and oxygen atoms in total. The summed E-state index contributed by atoms with van der Waals surface area (Å²) in [5, 5.41) is 8.18. The Balaban J connectivity index is 3.01. The molecule has 0 aliphatic carbocycles. The number of rotatable bonds is 1. The highest BCUT2D eigenvalue weighted by molar-refractivity contribution is 5.34. The van der Waals surface area contributed by atoms with Gasteiger partial charge in [-0.25, -0.2) is 5.26 Å². The molecular weight excluding hydrogens is 116 g/mol. The first-order valence-electron chi connectivity index (χ1n) is 2.57. The van der Waals surface area contributed by atoms with Gasteiger partial charge in [0.25, 0.3) is 0 Å². The molecule has 0 heterocycles. The smallest absolute Gasteiger partial charge is 0.168 e. The van der Waals surface area contributed by atoms with Crippen LogP contribution >= 0.6 is 0 Å². The third-order valence-corrected chi connectivity index (χ3v) is 1.07. The van der Waals surface area contributed by atoms with Gasteiger partial charge >= 0.3 is 0 Å². The van der Waals surface area contributed by atoms with Crippen molar-refractivity contribution >= 4 is 0 Å². The van der Waals surface area contributed by atoms with Crippen LogP contribution in [0.5, 0.6) is 5.75 Å². The van der Waals surface area contributed by atoms with Crippen LogP contribution in [0.2, 0.25) is 0 Å². The topological polar surface area (TPSA) is 29.5 Å². The molecule has 1 N–H and O–H groups in total. The molecule has 0 bridgehead atoms. The number of hydrogen-bond donors (Lipinski definition) is 1. The van der Waals surface area contributed by atoms with Gasteiger partial charge in [-0.1, -0.05) is 18.2 Å². The summed E-state index contributed by atoms with van der Waals surface area (Å²) in [6, 6.07) is 6.99. The van der Waals surface area contributed by atoms with E-state index in [9.17, 15) is 0 Å². The minimum atomic E-state index is 0.400. The second-order valence-corrected chi connectivity index (χ2v) is 1.70. The molecule has 0 atom stereocenters. The second-order valence-electron chi connectivity index (χ2n) is 1.70. The zero-order valence-electron chi connectivity index (χ0n) is 4.87. The van der Waals surface area contributed by atoms with Crippen LogP contribution in [0.3, 0.4) is 0 Å². The highest BCUT2D eigenvalue weighted by Crippen LogP contribution is 2.14. The summed E-state index contributed by atoms with van der Waals surface area (Å²) in [5.41, 5.74) is 0.681. The average molecular weight is 123 g/mol. The van der Waals surface area contributed by atoms with Crippen LogP contribution < -0.4 is 4.89 Å². The number of para-hydroxylation sites is 1. The van der Waals surface area contributed by atoms with Gasteiger partial charge in [-0.2, -0.15) is 0 Å². The first-order valence-corrected chi connectivity index (χ1v) is 2.57. The molecule has 0 aliphatic heterocycles. The van der Waals surface area contributed by atoms with Crippen molar-refractivity contribution < 1.29 is 10.1 Å². The van der Waals surface area contributed by atoms with Crippen molar-refractivity contribution in [1.82, 2.24) is 0 Å². The van der Waals surface area contributed by atoms with E-state index < -0.39 is 0 Å². The van der Waals surface area contributed by atoms with E-state index in [1.54, 1.807) is 18.2 Å². The summed E-state index contributed by atoms with van der Waals surface area (Å²) in [5.74, 6) is 0.400. The minimum absolute atomic E-state index is 0.400. The molecule has 0 amide bonds. The summed E-state index contributed by atoms with van der Waals surface area (Å²) in [6.45, 7) is 3.61. The Morgan fingerprint density at radius 2 is 2.00 bits per heavy atom. The fourth-order valence-electron chi connectivity index (χ4n) is 0.593. The van der Waals surface area contributed by atoms with Gasteiger partial charge in [-0.05, 0) is 18.6 Å². The molecule has 2 heteroatoms. The molecule has 1 rings (SSSR count). The SMILES string of the molecule is [CH2]c1ccccc1OO. The summed E-state index contributed by atoms with van der Waals surface area (Å²) in [7, 11) is 0. The Hall–Kier alpha value is -1.02. The molecule has 0 aliphatic rings. The molecular formula is C7H7O2. The monoisotopic (exact) mass is 123 g/mol. The Morgan fingerprint density at radius 1 is 1.33 bits per heavy atom. The first kappa shape index (κ1) is 6.11. The van der Waals surface area contributed by atoms with Crippen molar-refractivity contribution in [1.29, 1.82) is 0 Å². The molecule has 0 saturated carbocycles. The van der Waals surface area contributed by atoms with E-state index in [4.69, 9.17) is 5.26 Å². The summed E-state index contributed by atoms with van der Waals surface area (Å²) < 4.78 is 0. The molecule has 47 valence electrons. The van der Waals surface area contributed by atoms with Crippen LogP contribution in [-0.4, -0.2) is 5.26 Å². The van der Waals surface area contributed by atoms with Gasteiger partial charge in [0, 0.05) is 0 Å². The fraction of sp³-hybridized carbons (Fsp3) is 0. The van der Waals surface area contributed by atoms with Crippen molar-refractivity contribution in [2.45, 2.75) is 0 Å². The van der Waals surface area contributed by atoms with Crippen LogP contribution in [0.25, 0.3) is 0 Å². The third-order valence-electron chi connectivity index (χ3n) is 1.07. The summed E-state index contributed by atoms with van der Waals surface area (Å²) in [6.07, 6.45) is 0. The molecule has 0 unspecified atom stereocenters. The van der Waals surface area contributed by atoms with Crippen molar-refractivity contribution in [2.24, 2.45) is 0 Å². The van der Waals surface area contributed by atoms with Crippen molar-refractivity contribution in [3.05, 3.63) is 36.8 Å². The zero-order valence-corrected chi connectivity index (χ0v) is 4.87. The lowest BCUT2D eigenvalue weighted by Gasteiger charge is -1.97. The molecule has 1 radical (unpaired) electrons.